The fourth-order valence-electron chi connectivity index (χ4n) is 5.36. The molecule has 2 fully saturated rings. The molecule has 0 aliphatic carbocycles. The lowest BCUT2D eigenvalue weighted by Crippen LogP contribution is -2.61. The standard InChI is InChI=1S/C25H29N5O6S2/c1-13-20(10-29-22(13)21(14(2)31)23(29)32)38-17-8-19(18-12-37-24(26-3)27-18)28(9-17)25(33)36-11-15-4-6-16(7-5-15)30(34)35/h4-7,10,12-14,17,19,21-22,31H,8-9,11H2,1-3H3,(H,26,27)/t13-,14+,17-,19-,21+,22+/m0/s1. The minimum Gasteiger partial charge on any atom is -0.445 e. The zero-order chi connectivity index (χ0) is 27.1. The number of non-ortho nitro benzene ring substituents is 1. The van der Waals surface area contributed by atoms with Crippen LogP contribution < -0.4 is 5.32 Å². The maximum Gasteiger partial charge on any atom is 0.410 e. The monoisotopic (exact) mass is 559 g/mol. The predicted octanol–water partition coefficient (Wildman–Crippen LogP) is 3.98. The number of fused-ring (bicyclic) bond motifs is 1. The van der Waals surface area contributed by atoms with Gasteiger partial charge in [-0.3, -0.25) is 19.8 Å². The van der Waals surface area contributed by atoms with Crippen molar-refractivity contribution in [2.45, 2.75) is 50.3 Å². The molecule has 1 aromatic heterocycles. The molecule has 0 saturated carbocycles. The molecule has 11 nitrogen and oxygen atoms in total. The molecule has 0 radical (unpaired) electrons. The van der Waals surface area contributed by atoms with Crippen LogP contribution in [0.15, 0.2) is 40.8 Å². The minimum atomic E-state index is -0.688. The number of ether oxygens (including phenoxy) is 1. The molecule has 4 heterocycles. The Balaban J connectivity index is 1.28. The van der Waals surface area contributed by atoms with E-state index in [0.29, 0.717) is 18.5 Å². The van der Waals surface area contributed by atoms with Crippen LogP contribution in [-0.4, -0.2) is 67.8 Å². The van der Waals surface area contributed by atoms with Crippen LogP contribution in [0.3, 0.4) is 0 Å². The van der Waals surface area contributed by atoms with Gasteiger partial charge in [0.2, 0.25) is 5.91 Å². The molecule has 6 atom stereocenters. The zero-order valence-corrected chi connectivity index (χ0v) is 22.8. The van der Waals surface area contributed by atoms with E-state index in [1.54, 1.807) is 47.7 Å². The topological polar surface area (TPSA) is 138 Å². The molecule has 3 aliphatic rings. The number of carbonyl (C=O) groups excluding carboxylic acids is 2. The van der Waals surface area contributed by atoms with Gasteiger partial charge in [0.25, 0.3) is 5.69 Å². The van der Waals surface area contributed by atoms with Gasteiger partial charge in [-0.05, 0) is 31.0 Å². The van der Waals surface area contributed by atoms with Crippen LogP contribution in [0.4, 0.5) is 15.6 Å². The number of β-lactam (4-membered cyclic amide) rings is 1. The minimum absolute atomic E-state index is 0.00163. The van der Waals surface area contributed by atoms with Crippen LogP contribution in [0.5, 0.6) is 0 Å². The largest absolute Gasteiger partial charge is 0.445 e. The third-order valence-electron chi connectivity index (χ3n) is 7.36. The third-order valence-corrected chi connectivity index (χ3v) is 9.66. The van der Waals surface area contributed by atoms with Crippen LogP contribution in [-0.2, 0) is 16.1 Å². The molecule has 2 saturated heterocycles. The molecule has 0 spiro atoms. The molecule has 202 valence electrons. The first-order valence-corrected chi connectivity index (χ1v) is 14.1. The lowest BCUT2D eigenvalue weighted by atomic mass is 9.79. The fraction of sp³-hybridized carbons (Fsp3) is 0.480. The van der Waals surface area contributed by atoms with E-state index in [2.05, 4.69) is 17.2 Å². The van der Waals surface area contributed by atoms with Gasteiger partial charge < -0.3 is 20.1 Å². The van der Waals surface area contributed by atoms with Crippen molar-refractivity contribution < 1.29 is 24.4 Å². The Bertz CT molecular complexity index is 1270. The number of aliphatic hydroxyl groups is 1. The number of nitro benzene ring substituents is 1. The van der Waals surface area contributed by atoms with E-state index < -0.39 is 17.1 Å². The van der Waals surface area contributed by atoms with Crippen LogP contribution in [0.25, 0.3) is 0 Å². The van der Waals surface area contributed by atoms with E-state index in [0.717, 1.165) is 15.7 Å². The first kappa shape index (κ1) is 26.4. The van der Waals surface area contributed by atoms with E-state index in [9.17, 15) is 24.8 Å². The van der Waals surface area contributed by atoms with Gasteiger partial charge in [0.05, 0.1) is 34.7 Å². The third kappa shape index (κ3) is 4.85. The molecule has 0 unspecified atom stereocenters. The highest BCUT2D eigenvalue weighted by molar-refractivity contribution is 8.03. The molecule has 1 aromatic carbocycles. The lowest BCUT2D eigenvalue weighted by molar-refractivity contribution is -0.384. The van der Waals surface area contributed by atoms with Crippen LogP contribution >= 0.6 is 23.1 Å². The zero-order valence-electron chi connectivity index (χ0n) is 21.1. The second-order valence-corrected chi connectivity index (χ2v) is 12.0. The molecule has 38 heavy (non-hydrogen) atoms. The Morgan fingerprint density at radius 2 is 2.13 bits per heavy atom. The van der Waals surface area contributed by atoms with E-state index in [4.69, 9.17) is 4.74 Å². The Hall–Kier alpha value is -3.16. The molecule has 5 rings (SSSR count). The highest BCUT2D eigenvalue weighted by Gasteiger charge is 2.55. The van der Waals surface area contributed by atoms with Gasteiger partial charge in [0.1, 0.15) is 6.61 Å². The summed E-state index contributed by atoms with van der Waals surface area (Å²) in [4.78, 5) is 45.2. The Morgan fingerprint density at radius 3 is 2.76 bits per heavy atom. The number of anilines is 1. The molecular weight excluding hydrogens is 530 g/mol. The summed E-state index contributed by atoms with van der Waals surface area (Å²) in [5.41, 5.74) is 1.42. The van der Waals surface area contributed by atoms with E-state index in [1.807, 2.05) is 11.6 Å². The second kappa shape index (κ2) is 10.5. The number of carbonyl (C=O) groups is 2. The maximum absolute atomic E-state index is 13.2. The number of likely N-dealkylation sites (tertiary alicyclic amines) is 1. The number of benzene rings is 1. The number of nitrogens with one attached hydrogen (secondary N) is 1. The summed E-state index contributed by atoms with van der Waals surface area (Å²) in [6, 6.07) is 5.62. The van der Waals surface area contributed by atoms with Crippen molar-refractivity contribution in [3.05, 3.63) is 62.1 Å². The van der Waals surface area contributed by atoms with Gasteiger partial charge in [0, 0.05) is 53.4 Å². The van der Waals surface area contributed by atoms with Crippen molar-refractivity contribution in [2.75, 3.05) is 18.9 Å². The number of thiazole rings is 1. The van der Waals surface area contributed by atoms with Crippen molar-refractivity contribution in [2.24, 2.45) is 11.8 Å². The number of aliphatic hydroxyl groups excluding tert-OH is 1. The quantitative estimate of drug-likeness (QED) is 0.279. The van der Waals surface area contributed by atoms with E-state index >= 15 is 0 Å². The van der Waals surface area contributed by atoms with E-state index in [1.165, 1.54) is 23.5 Å². The number of hydrogen-bond acceptors (Lipinski definition) is 10. The van der Waals surface area contributed by atoms with Gasteiger partial charge >= 0.3 is 6.09 Å². The fourth-order valence-corrected chi connectivity index (χ4v) is 7.51. The van der Waals surface area contributed by atoms with Crippen molar-refractivity contribution >= 4 is 45.9 Å². The van der Waals surface area contributed by atoms with Gasteiger partial charge in [0.15, 0.2) is 5.13 Å². The van der Waals surface area contributed by atoms with Gasteiger partial charge in [-0.2, -0.15) is 0 Å². The van der Waals surface area contributed by atoms with Crippen molar-refractivity contribution in [3.63, 3.8) is 0 Å². The van der Waals surface area contributed by atoms with Crippen LogP contribution in [0.1, 0.15) is 37.6 Å². The number of rotatable bonds is 8. The summed E-state index contributed by atoms with van der Waals surface area (Å²) >= 11 is 3.14. The average Bonchev–Trinajstić information content (AvgIpc) is 3.60. The summed E-state index contributed by atoms with van der Waals surface area (Å²) in [6.45, 7) is 4.18. The Kier molecular flexibility index (Phi) is 7.34. The average molecular weight is 560 g/mol. The van der Waals surface area contributed by atoms with Crippen LogP contribution in [0.2, 0.25) is 0 Å². The smallest absolute Gasteiger partial charge is 0.410 e. The summed E-state index contributed by atoms with van der Waals surface area (Å²) < 4.78 is 5.61. The highest BCUT2D eigenvalue weighted by Crippen LogP contribution is 2.50. The van der Waals surface area contributed by atoms with Gasteiger partial charge in [-0.1, -0.05) is 6.92 Å². The summed E-state index contributed by atoms with van der Waals surface area (Å²) in [5, 5.41) is 26.7. The molecular formula is C25H29N5O6S2. The van der Waals surface area contributed by atoms with E-state index in [-0.39, 0.29) is 47.4 Å². The summed E-state index contributed by atoms with van der Waals surface area (Å²) in [6.07, 6.45) is 1.41. The Morgan fingerprint density at radius 1 is 1.39 bits per heavy atom. The molecule has 3 aliphatic heterocycles. The molecule has 2 aromatic rings. The number of hydrogen-bond donors (Lipinski definition) is 2. The number of amides is 2. The first-order chi connectivity index (χ1) is 18.2. The van der Waals surface area contributed by atoms with Gasteiger partial charge in [-0.25, -0.2) is 9.78 Å². The number of aromatic nitrogens is 1. The number of thioether (sulfide) groups is 1. The second-order valence-electron chi connectivity index (χ2n) is 9.77. The van der Waals surface area contributed by atoms with Crippen molar-refractivity contribution in [1.82, 2.24) is 14.8 Å². The van der Waals surface area contributed by atoms with Crippen LogP contribution in [0, 0.1) is 22.0 Å². The molecule has 13 heteroatoms. The maximum atomic E-state index is 13.2. The summed E-state index contributed by atoms with van der Waals surface area (Å²) in [7, 11) is 1.80. The van der Waals surface area contributed by atoms with Crippen molar-refractivity contribution in [1.29, 1.82) is 0 Å². The normalized spacial score (nSPS) is 27.0. The highest BCUT2D eigenvalue weighted by atomic mass is 32.2. The SMILES string of the molecule is CNc1nc([C@@H]2C[C@H](SC3=CN4C(=O)[C@H]([C@@H](C)O)[C@H]4[C@H]3C)CN2C(=O)OCc2ccc([N+](=O)[O-])cc2)cs1. The number of nitrogens with zero attached hydrogens (tertiary/aromatic N) is 4. The summed E-state index contributed by atoms with van der Waals surface area (Å²) in [5.74, 6) is -0.319. The molecule has 0 bridgehead atoms. The predicted molar refractivity (Wildman–Crippen MR) is 143 cm³/mol. The lowest BCUT2D eigenvalue weighted by Gasteiger charge is -2.45. The Labute approximate surface area is 228 Å². The van der Waals surface area contributed by atoms with Crippen molar-refractivity contribution in [3.8, 4) is 0 Å². The molecule has 2 amide bonds. The molecule has 2 N–H and O–H groups in total. The number of nitro groups is 1. The first-order valence-electron chi connectivity index (χ1n) is 12.4. The van der Waals surface area contributed by atoms with Gasteiger partial charge in [-0.15, -0.1) is 23.1 Å².